The van der Waals surface area contributed by atoms with Gasteiger partial charge in [0.15, 0.2) is 0 Å². The summed E-state index contributed by atoms with van der Waals surface area (Å²) in [5.74, 6) is 0. The summed E-state index contributed by atoms with van der Waals surface area (Å²) in [5, 5.41) is 9.87. The van der Waals surface area contributed by atoms with Crippen LogP contribution in [0.2, 0.25) is 0 Å². The van der Waals surface area contributed by atoms with Crippen molar-refractivity contribution < 1.29 is 18.3 Å². The summed E-state index contributed by atoms with van der Waals surface area (Å²) in [6.07, 6.45) is 2.00. The molecule has 11 heavy (non-hydrogen) atoms. The second kappa shape index (κ2) is 5.18. The lowest BCUT2D eigenvalue weighted by molar-refractivity contribution is 0.161. The number of allylic oxidation sites excluding steroid dienone is 1. The predicted octanol–water partition coefficient (Wildman–Crippen LogP) is 1.87. The van der Waals surface area contributed by atoms with Crippen LogP contribution in [0.25, 0.3) is 0 Å². The van der Waals surface area contributed by atoms with Crippen molar-refractivity contribution >= 4 is 0 Å². The summed E-state index contributed by atoms with van der Waals surface area (Å²) in [6, 6.07) is 0. The predicted molar refractivity (Wildman–Crippen MR) is 35.1 cm³/mol. The first kappa shape index (κ1) is 10.5. The zero-order valence-electron chi connectivity index (χ0n) is 6.03. The molecular formula is C7H10F3O. The molecule has 1 nitrogen and oxygen atoms in total. The molecule has 0 atom stereocenters. The van der Waals surface area contributed by atoms with Crippen molar-refractivity contribution in [3.05, 3.63) is 12.2 Å². The normalized spacial score (nSPS) is 12.7. The number of hydrogen-bond donors (Lipinski definition) is 0. The van der Waals surface area contributed by atoms with E-state index in [-0.39, 0.29) is 0 Å². The fourth-order valence-electron chi connectivity index (χ4n) is 0.539. The first-order chi connectivity index (χ1) is 5.24. The highest BCUT2D eigenvalue weighted by Gasteiger charge is 2.27. The van der Waals surface area contributed by atoms with Crippen LogP contribution < -0.4 is 0 Å². The van der Waals surface area contributed by atoms with Crippen molar-refractivity contribution in [1.82, 2.24) is 0 Å². The highest BCUT2D eigenvalue weighted by molar-refractivity contribution is 4.99. The van der Waals surface area contributed by atoms with Crippen LogP contribution in [0.5, 0.6) is 0 Å². The van der Waals surface area contributed by atoms with Gasteiger partial charge in [-0.1, -0.05) is 12.2 Å². The number of halogens is 3. The molecule has 4 heteroatoms. The van der Waals surface area contributed by atoms with Gasteiger partial charge in [0, 0.05) is 0 Å². The van der Waals surface area contributed by atoms with Crippen molar-refractivity contribution in [3.8, 4) is 0 Å². The minimum Gasteiger partial charge on any atom is -0.250 e. The quantitative estimate of drug-likeness (QED) is 0.557. The van der Waals surface area contributed by atoms with Gasteiger partial charge in [-0.3, -0.25) is 0 Å². The van der Waals surface area contributed by atoms with Crippen LogP contribution in [0, 0.1) is 5.41 Å². The van der Waals surface area contributed by atoms with Gasteiger partial charge in [-0.25, -0.2) is 18.3 Å². The summed E-state index contributed by atoms with van der Waals surface area (Å²) in [5.41, 5.74) is -1.70. The van der Waals surface area contributed by atoms with E-state index in [9.17, 15) is 18.3 Å². The fraction of sp³-hybridized carbons (Fsp3) is 0.714. The topological polar surface area (TPSA) is 19.9 Å². The summed E-state index contributed by atoms with van der Waals surface area (Å²) in [4.78, 5) is 0. The van der Waals surface area contributed by atoms with Crippen molar-refractivity contribution in [1.29, 1.82) is 0 Å². The van der Waals surface area contributed by atoms with E-state index < -0.39 is 32.0 Å². The molecule has 0 N–H and O–H groups in total. The number of hydrogen-bond acceptors (Lipinski definition) is 0. The van der Waals surface area contributed by atoms with Crippen LogP contribution in [0.4, 0.5) is 13.2 Å². The fourth-order valence-corrected chi connectivity index (χ4v) is 0.539. The van der Waals surface area contributed by atoms with Gasteiger partial charge in [-0.15, -0.1) is 0 Å². The van der Waals surface area contributed by atoms with Gasteiger partial charge in [-0.2, -0.15) is 0 Å². The smallest absolute Gasteiger partial charge is 0.104 e. The lowest BCUT2D eigenvalue weighted by Gasteiger charge is -2.18. The van der Waals surface area contributed by atoms with E-state index in [1.54, 1.807) is 0 Å². The Bertz CT molecular complexity index is 113. The molecule has 0 bridgehead atoms. The highest BCUT2D eigenvalue weighted by atomic mass is 19.1. The average molecular weight is 167 g/mol. The molecule has 0 aliphatic rings. The Morgan fingerprint density at radius 1 is 1.09 bits per heavy atom. The molecule has 0 aliphatic heterocycles. The van der Waals surface area contributed by atoms with E-state index in [0.29, 0.717) is 0 Å². The van der Waals surface area contributed by atoms with E-state index in [2.05, 4.69) is 0 Å². The van der Waals surface area contributed by atoms with E-state index in [0.717, 1.165) is 12.2 Å². The van der Waals surface area contributed by atoms with Crippen molar-refractivity contribution in [2.75, 3.05) is 26.6 Å². The Morgan fingerprint density at radius 2 is 1.55 bits per heavy atom. The van der Waals surface area contributed by atoms with E-state index in [1.165, 1.54) is 0 Å². The molecule has 0 saturated heterocycles. The van der Waals surface area contributed by atoms with E-state index >= 15 is 0 Å². The first-order valence-electron chi connectivity index (χ1n) is 3.18. The van der Waals surface area contributed by atoms with Crippen LogP contribution in [0.3, 0.4) is 0 Å². The minimum atomic E-state index is -1.70. The summed E-state index contributed by atoms with van der Waals surface area (Å²) in [7, 11) is 0. The standard InChI is InChI=1S/C7H10F3O/c8-4-7(5-9,6-10)2-1-3-11/h1-2H,3-6H2/b2-1+. The van der Waals surface area contributed by atoms with Crippen molar-refractivity contribution in [2.45, 2.75) is 0 Å². The van der Waals surface area contributed by atoms with Gasteiger partial charge < -0.3 is 0 Å². The SMILES string of the molecule is [O]C/C=C/C(CF)(CF)CF. The molecule has 0 saturated carbocycles. The third-order valence-corrected chi connectivity index (χ3v) is 1.37. The molecule has 65 valence electrons. The molecule has 0 aliphatic carbocycles. The van der Waals surface area contributed by atoms with Crippen LogP contribution in [-0.4, -0.2) is 26.6 Å². The first-order valence-corrected chi connectivity index (χ1v) is 3.18. The van der Waals surface area contributed by atoms with E-state index in [1.807, 2.05) is 0 Å². The molecule has 0 rings (SSSR count). The Kier molecular flexibility index (Phi) is 4.94. The Hall–Kier alpha value is -0.510. The molecule has 0 fully saturated rings. The Balaban J connectivity index is 4.16. The number of rotatable bonds is 5. The van der Waals surface area contributed by atoms with Crippen LogP contribution >= 0.6 is 0 Å². The van der Waals surface area contributed by atoms with Gasteiger partial charge >= 0.3 is 0 Å². The molecule has 1 radical (unpaired) electrons. The molecular weight excluding hydrogens is 157 g/mol. The van der Waals surface area contributed by atoms with Crippen LogP contribution in [0.15, 0.2) is 12.2 Å². The summed E-state index contributed by atoms with van der Waals surface area (Å²) >= 11 is 0. The largest absolute Gasteiger partial charge is 0.250 e. The zero-order valence-corrected chi connectivity index (χ0v) is 6.03. The molecule has 0 unspecified atom stereocenters. The maximum atomic E-state index is 12.0. The monoisotopic (exact) mass is 167 g/mol. The van der Waals surface area contributed by atoms with Crippen LogP contribution in [0.1, 0.15) is 0 Å². The Labute approximate surface area is 63.5 Å². The van der Waals surface area contributed by atoms with Crippen molar-refractivity contribution in [3.63, 3.8) is 0 Å². The minimum absolute atomic E-state index is 0.582. The third-order valence-electron chi connectivity index (χ3n) is 1.37. The molecule has 0 heterocycles. The van der Waals surface area contributed by atoms with Gasteiger partial charge in [0.05, 0.1) is 5.41 Å². The maximum absolute atomic E-state index is 12.0. The molecule has 0 aromatic heterocycles. The van der Waals surface area contributed by atoms with Gasteiger partial charge in [0.2, 0.25) is 0 Å². The lowest BCUT2D eigenvalue weighted by atomic mass is 9.93. The summed E-state index contributed by atoms with van der Waals surface area (Å²) in [6.45, 7) is -3.93. The maximum Gasteiger partial charge on any atom is 0.104 e. The average Bonchev–Trinajstić information content (AvgIpc) is 2.08. The second-order valence-electron chi connectivity index (χ2n) is 2.33. The molecule has 0 spiro atoms. The highest BCUT2D eigenvalue weighted by Crippen LogP contribution is 2.21. The van der Waals surface area contributed by atoms with Crippen LogP contribution in [-0.2, 0) is 5.11 Å². The molecule has 0 amide bonds. The van der Waals surface area contributed by atoms with Gasteiger partial charge in [-0.05, 0) is 0 Å². The van der Waals surface area contributed by atoms with Gasteiger partial charge in [0.1, 0.15) is 26.6 Å². The zero-order chi connectivity index (χ0) is 8.74. The number of alkyl halides is 3. The van der Waals surface area contributed by atoms with Gasteiger partial charge in [0.25, 0.3) is 0 Å². The Morgan fingerprint density at radius 3 is 1.82 bits per heavy atom. The van der Waals surface area contributed by atoms with E-state index in [4.69, 9.17) is 0 Å². The summed E-state index contributed by atoms with van der Waals surface area (Å²) < 4.78 is 36.0. The van der Waals surface area contributed by atoms with Crippen molar-refractivity contribution in [2.24, 2.45) is 5.41 Å². The lowest BCUT2D eigenvalue weighted by Crippen LogP contribution is -2.25. The molecule has 0 aromatic rings. The third kappa shape index (κ3) is 2.93. The second-order valence-corrected chi connectivity index (χ2v) is 2.33. The molecule has 0 aromatic carbocycles.